The standard InChI is InChI=1S/C23H29N3O5S/c1-17-10-11-18(32(29,30)25(2)20-8-4-5-9-21(20)31-3)16-19(17)23(28)24-13-12-22(27)26-14-6-7-15-26/h4-5,8-11,16H,6-7,12-15H2,1-3H3,(H,24,28). The Morgan fingerprint density at radius 2 is 1.81 bits per heavy atom. The number of para-hydroxylation sites is 2. The molecule has 2 aromatic rings. The molecule has 1 aliphatic heterocycles. The Hall–Kier alpha value is -3.07. The molecule has 2 aromatic carbocycles. The van der Waals surface area contributed by atoms with E-state index in [4.69, 9.17) is 4.74 Å². The molecule has 0 saturated carbocycles. The SMILES string of the molecule is COc1ccccc1N(C)S(=O)(=O)c1ccc(C)c(C(=O)NCCC(=O)N2CCCC2)c1. The number of ether oxygens (including phenoxy) is 1. The van der Waals surface area contributed by atoms with Crippen LogP contribution in [0.2, 0.25) is 0 Å². The molecular formula is C23H29N3O5S. The first-order valence-electron chi connectivity index (χ1n) is 10.5. The number of nitrogens with zero attached hydrogens (tertiary/aromatic N) is 2. The number of benzene rings is 2. The Kier molecular flexibility index (Phi) is 7.40. The predicted molar refractivity (Wildman–Crippen MR) is 123 cm³/mol. The summed E-state index contributed by atoms with van der Waals surface area (Å²) in [4.78, 5) is 26.7. The zero-order valence-corrected chi connectivity index (χ0v) is 19.4. The van der Waals surface area contributed by atoms with Crippen LogP contribution in [0.15, 0.2) is 47.4 Å². The van der Waals surface area contributed by atoms with Crippen molar-refractivity contribution in [1.82, 2.24) is 10.2 Å². The molecule has 172 valence electrons. The summed E-state index contributed by atoms with van der Waals surface area (Å²) in [6.45, 7) is 3.48. The van der Waals surface area contributed by atoms with Crippen molar-refractivity contribution in [3.63, 3.8) is 0 Å². The van der Waals surface area contributed by atoms with Gasteiger partial charge in [0.1, 0.15) is 5.75 Å². The number of rotatable bonds is 8. The summed E-state index contributed by atoms with van der Waals surface area (Å²) >= 11 is 0. The molecule has 3 rings (SSSR count). The summed E-state index contributed by atoms with van der Waals surface area (Å²) in [5, 5.41) is 2.74. The molecule has 0 atom stereocenters. The summed E-state index contributed by atoms with van der Waals surface area (Å²) in [6, 6.07) is 11.3. The van der Waals surface area contributed by atoms with E-state index in [9.17, 15) is 18.0 Å². The monoisotopic (exact) mass is 459 g/mol. The van der Waals surface area contributed by atoms with Gasteiger partial charge in [-0.25, -0.2) is 8.42 Å². The summed E-state index contributed by atoms with van der Waals surface area (Å²) in [7, 11) is -1.01. The second-order valence-electron chi connectivity index (χ2n) is 7.71. The minimum atomic E-state index is -3.93. The number of hydrogen-bond acceptors (Lipinski definition) is 5. The summed E-state index contributed by atoms with van der Waals surface area (Å²) in [5.74, 6) is 0.0364. The van der Waals surface area contributed by atoms with Gasteiger partial charge in [0.25, 0.3) is 15.9 Å². The molecule has 2 amide bonds. The fourth-order valence-electron chi connectivity index (χ4n) is 3.69. The number of methoxy groups -OCH3 is 1. The third kappa shape index (κ3) is 5.04. The fourth-order valence-corrected chi connectivity index (χ4v) is 4.92. The maximum absolute atomic E-state index is 13.2. The lowest BCUT2D eigenvalue weighted by Gasteiger charge is -2.22. The molecule has 8 nitrogen and oxygen atoms in total. The lowest BCUT2D eigenvalue weighted by Crippen LogP contribution is -2.33. The number of anilines is 1. The quantitative estimate of drug-likeness (QED) is 0.655. The molecule has 0 aromatic heterocycles. The van der Waals surface area contributed by atoms with Crippen molar-refractivity contribution in [3.8, 4) is 5.75 Å². The van der Waals surface area contributed by atoms with E-state index < -0.39 is 15.9 Å². The van der Waals surface area contributed by atoms with E-state index in [0.29, 0.717) is 17.0 Å². The molecule has 0 bridgehead atoms. The highest BCUT2D eigenvalue weighted by atomic mass is 32.2. The lowest BCUT2D eigenvalue weighted by molar-refractivity contribution is -0.129. The minimum Gasteiger partial charge on any atom is -0.495 e. The van der Waals surface area contributed by atoms with Crippen LogP contribution in [0.5, 0.6) is 5.75 Å². The van der Waals surface area contributed by atoms with E-state index in [1.165, 1.54) is 26.3 Å². The van der Waals surface area contributed by atoms with Crippen LogP contribution in [0.1, 0.15) is 35.2 Å². The molecule has 0 radical (unpaired) electrons. The molecule has 32 heavy (non-hydrogen) atoms. The second kappa shape index (κ2) is 10.0. The van der Waals surface area contributed by atoms with Gasteiger partial charge in [0.05, 0.1) is 17.7 Å². The number of amides is 2. The van der Waals surface area contributed by atoms with Crippen LogP contribution in [0.3, 0.4) is 0 Å². The molecule has 1 N–H and O–H groups in total. The third-order valence-corrected chi connectivity index (χ3v) is 7.39. The van der Waals surface area contributed by atoms with E-state index >= 15 is 0 Å². The van der Waals surface area contributed by atoms with E-state index in [0.717, 1.165) is 30.2 Å². The van der Waals surface area contributed by atoms with Gasteiger partial charge in [-0.15, -0.1) is 0 Å². The largest absolute Gasteiger partial charge is 0.495 e. The van der Waals surface area contributed by atoms with E-state index in [1.807, 2.05) is 0 Å². The van der Waals surface area contributed by atoms with E-state index in [-0.39, 0.29) is 29.3 Å². The smallest absolute Gasteiger partial charge is 0.264 e. The van der Waals surface area contributed by atoms with Crippen molar-refractivity contribution in [1.29, 1.82) is 0 Å². The number of sulfonamides is 1. The van der Waals surface area contributed by atoms with Gasteiger partial charge in [-0.3, -0.25) is 13.9 Å². The molecule has 0 spiro atoms. The molecule has 1 saturated heterocycles. The number of aryl methyl sites for hydroxylation is 1. The maximum atomic E-state index is 13.2. The summed E-state index contributed by atoms with van der Waals surface area (Å²) in [6.07, 6.45) is 2.25. The van der Waals surface area contributed by atoms with Crippen molar-refractivity contribution >= 4 is 27.5 Å². The molecule has 1 heterocycles. The molecule has 1 fully saturated rings. The van der Waals surface area contributed by atoms with Crippen molar-refractivity contribution in [3.05, 3.63) is 53.6 Å². The van der Waals surface area contributed by atoms with Gasteiger partial charge in [0.2, 0.25) is 5.91 Å². The van der Waals surface area contributed by atoms with Crippen LogP contribution in [0.4, 0.5) is 5.69 Å². The Morgan fingerprint density at radius 3 is 2.50 bits per heavy atom. The Bertz CT molecular complexity index is 1090. The number of carbonyl (C=O) groups is 2. The third-order valence-electron chi connectivity index (χ3n) is 5.62. The van der Waals surface area contributed by atoms with Crippen LogP contribution in [-0.4, -0.2) is 58.9 Å². The van der Waals surface area contributed by atoms with Gasteiger partial charge in [0, 0.05) is 38.7 Å². The molecule has 1 aliphatic rings. The Labute approximate surface area is 189 Å². The van der Waals surface area contributed by atoms with E-state index in [1.54, 1.807) is 42.2 Å². The highest BCUT2D eigenvalue weighted by Crippen LogP contribution is 2.31. The number of likely N-dealkylation sites (tertiary alicyclic amines) is 1. The van der Waals surface area contributed by atoms with Crippen molar-refractivity contribution in [2.75, 3.05) is 38.1 Å². The van der Waals surface area contributed by atoms with Gasteiger partial charge in [-0.1, -0.05) is 18.2 Å². The van der Waals surface area contributed by atoms with Gasteiger partial charge in [-0.05, 0) is 49.6 Å². The lowest BCUT2D eigenvalue weighted by atomic mass is 10.1. The highest BCUT2D eigenvalue weighted by molar-refractivity contribution is 7.92. The molecule has 0 aliphatic carbocycles. The summed E-state index contributed by atoms with van der Waals surface area (Å²) in [5.41, 5.74) is 1.29. The average molecular weight is 460 g/mol. The number of carbonyl (C=O) groups excluding carboxylic acids is 2. The van der Waals surface area contributed by atoms with Gasteiger partial charge >= 0.3 is 0 Å². The van der Waals surface area contributed by atoms with Crippen molar-refractivity contribution in [2.45, 2.75) is 31.1 Å². The van der Waals surface area contributed by atoms with E-state index in [2.05, 4.69) is 5.32 Å². The van der Waals surface area contributed by atoms with Crippen LogP contribution < -0.4 is 14.4 Å². The average Bonchev–Trinajstić information content (AvgIpc) is 3.33. The first-order chi connectivity index (χ1) is 15.3. The zero-order chi connectivity index (χ0) is 23.3. The number of hydrogen-bond donors (Lipinski definition) is 1. The Balaban J connectivity index is 1.75. The van der Waals surface area contributed by atoms with Crippen LogP contribution in [-0.2, 0) is 14.8 Å². The first-order valence-corrected chi connectivity index (χ1v) is 12.0. The van der Waals surface area contributed by atoms with Crippen LogP contribution in [0, 0.1) is 6.92 Å². The van der Waals surface area contributed by atoms with Gasteiger partial charge in [0.15, 0.2) is 0 Å². The van der Waals surface area contributed by atoms with Gasteiger partial charge in [-0.2, -0.15) is 0 Å². The fraction of sp³-hybridized carbons (Fsp3) is 0.391. The molecular weight excluding hydrogens is 430 g/mol. The predicted octanol–water partition coefficient (Wildman–Crippen LogP) is 2.57. The molecule has 9 heteroatoms. The van der Waals surface area contributed by atoms with Crippen molar-refractivity contribution < 1.29 is 22.7 Å². The first kappa shape index (κ1) is 23.6. The normalized spacial score (nSPS) is 13.7. The topological polar surface area (TPSA) is 96.0 Å². The second-order valence-corrected chi connectivity index (χ2v) is 9.68. The van der Waals surface area contributed by atoms with Crippen LogP contribution >= 0.6 is 0 Å². The Morgan fingerprint density at radius 1 is 1.12 bits per heavy atom. The maximum Gasteiger partial charge on any atom is 0.264 e. The van der Waals surface area contributed by atoms with Crippen molar-refractivity contribution in [2.24, 2.45) is 0 Å². The van der Waals surface area contributed by atoms with Crippen LogP contribution in [0.25, 0.3) is 0 Å². The van der Waals surface area contributed by atoms with Gasteiger partial charge < -0.3 is 15.0 Å². The summed E-state index contributed by atoms with van der Waals surface area (Å²) < 4.78 is 32.9. The molecule has 0 unspecified atom stereocenters. The highest BCUT2D eigenvalue weighted by Gasteiger charge is 2.25. The number of nitrogens with one attached hydrogen (secondary N) is 1. The minimum absolute atomic E-state index is 0.00482. The zero-order valence-electron chi connectivity index (χ0n) is 18.6.